The number of hydrogen-bond donors (Lipinski definition) is 2. The number of alkyl carbamates (subject to hydrolysis) is 1. The molecule has 2 aromatic rings. The summed E-state index contributed by atoms with van der Waals surface area (Å²) in [6.45, 7) is 7.40. The van der Waals surface area contributed by atoms with E-state index in [4.69, 9.17) is 9.47 Å². The molecular formula is C25H32N2O6S. The molecule has 0 fully saturated rings. The van der Waals surface area contributed by atoms with Gasteiger partial charge in [0.2, 0.25) is 0 Å². The average molecular weight is 489 g/mol. The summed E-state index contributed by atoms with van der Waals surface area (Å²) >= 11 is 0. The lowest BCUT2D eigenvalue weighted by atomic mass is 10.1. The van der Waals surface area contributed by atoms with Crippen molar-refractivity contribution in [3.8, 4) is 0 Å². The van der Waals surface area contributed by atoms with Gasteiger partial charge in [0.05, 0.1) is 10.6 Å². The third kappa shape index (κ3) is 9.66. The number of amides is 1. The van der Waals surface area contributed by atoms with Crippen LogP contribution in [0.25, 0.3) is 0 Å². The molecule has 0 radical (unpaired) electrons. The maximum atomic E-state index is 12.4. The number of rotatable bonds is 9. The fraction of sp³-hybridized carbons (Fsp3) is 0.360. The Bertz CT molecular complexity index is 1140. The lowest BCUT2D eigenvalue weighted by molar-refractivity contribution is -0.139. The van der Waals surface area contributed by atoms with E-state index in [1.807, 2.05) is 30.3 Å². The van der Waals surface area contributed by atoms with E-state index in [0.29, 0.717) is 17.8 Å². The van der Waals surface area contributed by atoms with Crippen LogP contribution in [0, 0.1) is 0 Å². The average Bonchev–Trinajstić information content (AvgIpc) is 2.72. The Morgan fingerprint density at radius 3 is 2.32 bits per heavy atom. The minimum atomic E-state index is -3.56. The van der Waals surface area contributed by atoms with Crippen LogP contribution in [0.5, 0.6) is 0 Å². The molecule has 0 bridgehead atoms. The molecule has 2 N–H and O–H groups in total. The number of carbonyl (C=O) groups is 2. The van der Waals surface area contributed by atoms with Gasteiger partial charge in [0.15, 0.2) is 9.84 Å². The van der Waals surface area contributed by atoms with Crippen LogP contribution in [0.1, 0.15) is 38.8 Å². The number of esters is 1. The van der Waals surface area contributed by atoms with Crippen LogP contribution in [0.2, 0.25) is 0 Å². The Labute approximate surface area is 201 Å². The Balaban J connectivity index is 2.03. The normalized spacial score (nSPS) is 12.1. The summed E-state index contributed by atoms with van der Waals surface area (Å²) < 4.78 is 35.2. The standard InChI is InChI=1S/C25H32N2O6S/c1-18(15-23(28)32-17-20-9-7-6-8-10-20)27-21-12-11-19(16-22(21)34(5,30)31)13-14-26-24(29)33-25(2,3)4/h6-12,15-16,27H,13-14,17H2,1-5H3,(H,26,29)/b18-15-. The second-order valence-electron chi connectivity index (χ2n) is 8.83. The van der Waals surface area contributed by atoms with Crippen molar-refractivity contribution in [3.63, 3.8) is 0 Å². The highest BCUT2D eigenvalue weighted by atomic mass is 32.2. The molecule has 184 valence electrons. The fourth-order valence-corrected chi connectivity index (χ4v) is 3.84. The van der Waals surface area contributed by atoms with Crippen LogP contribution in [-0.2, 0) is 37.1 Å². The van der Waals surface area contributed by atoms with E-state index in [0.717, 1.165) is 17.4 Å². The van der Waals surface area contributed by atoms with Crippen molar-refractivity contribution < 1.29 is 27.5 Å². The van der Waals surface area contributed by atoms with Gasteiger partial charge in [-0.05, 0) is 57.4 Å². The van der Waals surface area contributed by atoms with Crippen molar-refractivity contribution in [1.82, 2.24) is 5.32 Å². The van der Waals surface area contributed by atoms with Crippen molar-refractivity contribution in [2.45, 2.75) is 51.2 Å². The van der Waals surface area contributed by atoms with E-state index in [1.165, 1.54) is 6.08 Å². The molecule has 0 aliphatic rings. The van der Waals surface area contributed by atoms with Crippen LogP contribution in [0.3, 0.4) is 0 Å². The number of hydrogen-bond acceptors (Lipinski definition) is 7. The minimum Gasteiger partial charge on any atom is -0.458 e. The monoisotopic (exact) mass is 488 g/mol. The maximum Gasteiger partial charge on any atom is 0.407 e. The molecule has 2 aromatic carbocycles. The fourth-order valence-electron chi connectivity index (χ4n) is 2.95. The molecule has 0 aliphatic carbocycles. The zero-order chi connectivity index (χ0) is 25.4. The zero-order valence-electron chi connectivity index (χ0n) is 20.2. The van der Waals surface area contributed by atoms with Gasteiger partial charge in [-0.3, -0.25) is 0 Å². The van der Waals surface area contributed by atoms with Gasteiger partial charge in [-0.25, -0.2) is 18.0 Å². The van der Waals surface area contributed by atoms with Gasteiger partial charge >= 0.3 is 12.1 Å². The lowest BCUT2D eigenvalue weighted by Crippen LogP contribution is -2.33. The molecular weight excluding hydrogens is 456 g/mol. The molecule has 1 amide bonds. The summed E-state index contributed by atoms with van der Waals surface area (Å²) in [5, 5.41) is 5.62. The van der Waals surface area contributed by atoms with E-state index >= 15 is 0 Å². The number of nitrogens with one attached hydrogen (secondary N) is 2. The van der Waals surface area contributed by atoms with Crippen molar-refractivity contribution in [2.75, 3.05) is 18.1 Å². The summed E-state index contributed by atoms with van der Waals surface area (Å²) in [6.07, 6.45) is 2.27. The third-order valence-corrected chi connectivity index (χ3v) is 5.55. The molecule has 0 aromatic heterocycles. The second-order valence-corrected chi connectivity index (χ2v) is 10.8. The molecule has 0 saturated carbocycles. The first kappa shape index (κ1) is 26.9. The smallest absolute Gasteiger partial charge is 0.407 e. The summed E-state index contributed by atoms with van der Waals surface area (Å²) in [4.78, 5) is 24.0. The van der Waals surface area contributed by atoms with Crippen LogP contribution < -0.4 is 10.6 Å². The molecule has 0 spiro atoms. The first-order chi connectivity index (χ1) is 15.8. The number of allylic oxidation sites excluding steroid dienone is 1. The van der Waals surface area contributed by atoms with Gasteiger partial charge in [0, 0.05) is 24.6 Å². The van der Waals surface area contributed by atoms with Crippen molar-refractivity contribution >= 4 is 27.6 Å². The van der Waals surface area contributed by atoms with E-state index in [1.54, 1.807) is 45.9 Å². The Morgan fingerprint density at radius 1 is 1.03 bits per heavy atom. The highest BCUT2D eigenvalue weighted by molar-refractivity contribution is 7.90. The van der Waals surface area contributed by atoms with Gasteiger partial charge in [0.1, 0.15) is 12.2 Å². The Hall–Kier alpha value is -3.33. The second kappa shape index (κ2) is 11.7. The third-order valence-electron chi connectivity index (χ3n) is 4.42. The molecule has 0 aliphatic heterocycles. The summed E-state index contributed by atoms with van der Waals surface area (Å²) in [5.41, 5.74) is 1.77. The van der Waals surface area contributed by atoms with E-state index in [-0.39, 0.29) is 18.0 Å². The van der Waals surface area contributed by atoms with Crippen LogP contribution in [0.4, 0.5) is 10.5 Å². The highest BCUT2D eigenvalue weighted by Gasteiger charge is 2.17. The number of benzene rings is 2. The van der Waals surface area contributed by atoms with Gasteiger partial charge in [-0.15, -0.1) is 0 Å². The predicted octanol–water partition coefficient (Wildman–Crippen LogP) is 4.22. The Kier molecular flexibility index (Phi) is 9.26. The van der Waals surface area contributed by atoms with Gasteiger partial charge < -0.3 is 20.1 Å². The topological polar surface area (TPSA) is 111 Å². The summed E-state index contributed by atoms with van der Waals surface area (Å²) in [6, 6.07) is 14.2. The van der Waals surface area contributed by atoms with Crippen LogP contribution in [0.15, 0.2) is 65.2 Å². The van der Waals surface area contributed by atoms with Crippen molar-refractivity contribution in [1.29, 1.82) is 0 Å². The summed E-state index contributed by atoms with van der Waals surface area (Å²) in [5.74, 6) is -0.542. The number of ether oxygens (including phenoxy) is 2. The maximum absolute atomic E-state index is 12.4. The number of carbonyl (C=O) groups excluding carboxylic acids is 2. The van der Waals surface area contributed by atoms with Gasteiger partial charge in [-0.1, -0.05) is 36.4 Å². The molecule has 8 nitrogen and oxygen atoms in total. The van der Waals surface area contributed by atoms with Crippen LogP contribution >= 0.6 is 0 Å². The van der Waals surface area contributed by atoms with E-state index in [2.05, 4.69) is 10.6 Å². The molecule has 0 heterocycles. The largest absolute Gasteiger partial charge is 0.458 e. The highest BCUT2D eigenvalue weighted by Crippen LogP contribution is 2.24. The van der Waals surface area contributed by atoms with Crippen molar-refractivity contribution in [2.24, 2.45) is 0 Å². The number of sulfone groups is 1. The first-order valence-electron chi connectivity index (χ1n) is 10.8. The number of anilines is 1. The molecule has 0 atom stereocenters. The summed E-state index contributed by atoms with van der Waals surface area (Å²) in [7, 11) is -3.56. The molecule has 0 unspecified atom stereocenters. The van der Waals surface area contributed by atoms with Gasteiger partial charge in [0.25, 0.3) is 0 Å². The SMILES string of the molecule is C/C(=C/C(=O)OCc1ccccc1)Nc1ccc(CCNC(=O)OC(C)(C)C)cc1S(C)(=O)=O. The lowest BCUT2D eigenvalue weighted by Gasteiger charge is -2.19. The molecule has 0 saturated heterocycles. The van der Waals surface area contributed by atoms with Gasteiger partial charge in [-0.2, -0.15) is 0 Å². The zero-order valence-corrected chi connectivity index (χ0v) is 21.0. The van der Waals surface area contributed by atoms with Crippen LogP contribution in [-0.4, -0.2) is 38.9 Å². The predicted molar refractivity (Wildman–Crippen MR) is 131 cm³/mol. The quantitative estimate of drug-likeness (QED) is 0.402. The molecule has 34 heavy (non-hydrogen) atoms. The van der Waals surface area contributed by atoms with E-state index < -0.39 is 27.5 Å². The van der Waals surface area contributed by atoms with Crippen molar-refractivity contribution in [3.05, 3.63) is 71.4 Å². The minimum absolute atomic E-state index is 0.0904. The molecule has 2 rings (SSSR count). The first-order valence-corrected chi connectivity index (χ1v) is 12.7. The van der Waals surface area contributed by atoms with E-state index in [9.17, 15) is 18.0 Å². The Morgan fingerprint density at radius 2 is 1.71 bits per heavy atom. The molecule has 9 heteroatoms.